The Balaban J connectivity index is 2.48. The molecule has 1 rings (SSSR count). The van der Waals surface area contributed by atoms with Crippen molar-refractivity contribution in [2.75, 3.05) is 26.0 Å². The van der Waals surface area contributed by atoms with E-state index < -0.39 is 20.0 Å². The van der Waals surface area contributed by atoms with Gasteiger partial charge in [0.1, 0.15) is 4.21 Å². The largest absolute Gasteiger partial charge is 0.384 e. The van der Waals surface area contributed by atoms with Gasteiger partial charge in [-0.05, 0) is 18.6 Å². The molecule has 1 aromatic heterocycles. The standard InChI is InChI=1S/C9H16N2O5S3/c1-16-6-7-18(12,13)11-5-4-8-2-3-9(17-8)19(10,14)15/h2-3,11H,4-7H2,1H3,(H2,10,14,15). The second-order valence-electron chi connectivity index (χ2n) is 3.72. The average Bonchev–Trinajstić information content (AvgIpc) is 2.74. The second-order valence-corrected chi connectivity index (χ2v) is 8.60. The highest BCUT2D eigenvalue weighted by molar-refractivity contribution is 7.91. The predicted molar refractivity (Wildman–Crippen MR) is 73.1 cm³/mol. The van der Waals surface area contributed by atoms with Crippen molar-refractivity contribution in [1.29, 1.82) is 0 Å². The van der Waals surface area contributed by atoms with Crippen LogP contribution in [0, 0.1) is 0 Å². The Bertz CT molecular complexity index is 606. The molecule has 0 amide bonds. The van der Waals surface area contributed by atoms with E-state index in [2.05, 4.69) is 9.46 Å². The number of hydrogen-bond donors (Lipinski definition) is 2. The number of nitrogens with two attached hydrogens (primary N) is 1. The lowest BCUT2D eigenvalue weighted by Gasteiger charge is -2.04. The maximum Gasteiger partial charge on any atom is 0.247 e. The molecule has 0 fully saturated rings. The Kier molecular flexibility index (Phi) is 5.89. The van der Waals surface area contributed by atoms with E-state index in [4.69, 9.17) is 5.14 Å². The summed E-state index contributed by atoms with van der Waals surface area (Å²) in [4.78, 5) is 0.749. The lowest BCUT2D eigenvalue weighted by Crippen LogP contribution is -2.29. The lowest BCUT2D eigenvalue weighted by molar-refractivity contribution is 0.217. The third-order valence-electron chi connectivity index (χ3n) is 2.17. The summed E-state index contributed by atoms with van der Waals surface area (Å²) in [5.74, 6) is -0.101. The molecule has 7 nitrogen and oxygen atoms in total. The highest BCUT2D eigenvalue weighted by Gasteiger charge is 2.12. The van der Waals surface area contributed by atoms with Gasteiger partial charge >= 0.3 is 0 Å². The lowest BCUT2D eigenvalue weighted by atomic mass is 10.3. The van der Waals surface area contributed by atoms with E-state index >= 15 is 0 Å². The minimum absolute atomic E-state index is 0.0738. The van der Waals surface area contributed by atoms with Gasteiger partial charge in [0.25, 0.3) is 0 Å². The van der Waals surface area contributed by atoms with Crippen LogP contribution in [0.25, 0.3) is 0 Å². The zero-order valence-electron chi connectivity index (χ0n) is 10.3. The van der Waals surface area contributed by atoms with E-state index in [1.807, 2.05) is 0 Å². The number of primary sulfonamides is 1. The monoisotopic (exact) mass is 328 g/mol. The smallest absolute Gasteiger partial charge is 0.247 e. The molecule has 0 spiro atoms. The maximum atomic E-state index is 11.4. The predicted octanol–water partition coefficient (Wildman–Crippen LogP) is -0.496. The van der Waals surface area contributed by atoms with Gasteiger partial charge in [0, 0.05) is 18.5 Å². The van der Waals surface area contributed by atoms with Crippen LogP contribution in [-0.2, 0) is 31.2 Å². The topological polar surface area (TPSA) is 116 Å². The Morgan fingerprint density at radius 3 is 2.53 bits per heavy atom. The first kappa shape index (κ1) is 16.5. The summed E-state index contributed by atoms with van der Waals surface area (Å²) in [6.07, 6.45) is 0.409. The van der Waals surface area contributed by atoms with E-state index in [1.165, 1.54) is 13.2 Å². The molecule has 0 saturated heterocycles. The zero-order chi connectivity index (χ0) is 14.5. The second kappa shape index (κ2) is 6.77. The molecule has 0 bridgehead atoms. The minimum Gasteiger partial charge on any atom is -0.384 e. The van der Waals surface area contributed by atoms with Crippen LogP contribution in [0.15, 0.2) is 16.3 Å². The van der Waals surface area contributed by atoms with Gasteiger partial charge in [0.2, 0.25) is 20.0 Å². The van der Waals surface area contributed by atoms with Crippen LogP contribution < -0.4 is 9.86 Å². The fourth-order valence-electron chi connectivity index (χ4n) is 1.24. The molecule has 110 valence electrons. The summed E-state index contributed by atoms with van der Waals surface area (Å²) in [7, 11) is -5.61. The molecule has 1 aromatic rings. The number of sulfonamides is 2. The van der Waals surface area contributed by atoms with Crippen LogP contribution in [0.5, 0.6) is 0 Å². The minimum atomic E-state index is -3.68. The first-order valence-electron chi connectivity index (χ1n) is 5.32. The van der Waals surface area contributed by atoms with E-state index in [0.717, 1.165) is 16.2 Å². The van der Waals surface area contributed by atoms with Crippen molar-refractivity contribution in [3.63, 3.8) is 0 Å². The number of thiophene rings is 1. The Morgan fingerprint density at radius 2 is 2.00 bits per heavy atom. The molecular weight excluding hydrogens is 312 g/mol. The average molecular weight is 328 g/mol. The van der Waals surface area contributed by atoms with Crippen molar-refractivity contribution in [2.24, 2.45) is 5.14 Å². The molecule has 0 saturated carbocycles. The molecule has 0 aliphatic heterocycles. The van der Waals surface area contributed by atoms with Crippen molar-refractivity contribution in [3.05, 3.63) is 17.0 Å². The molecule has 10 heteroatoms. The normalized spacial score (nSPS) is 12.7. The van der Waals surface area contributed by atoms with Crippen molar-refractivity contribution in [1.82, 2.24) is 4.72 Å². The number of hydrogen-bond acceptors (Lipinski definition) is 6. The molecule has 3 N–H and O–H groups in total. The van der Waals surface area contributed by atoms with Gasteiger partial charge in [-0.1, -0.05) is 0 Å². The molecule has 19 heavy (non-hydrogen) atoms. The summed E-state index contributed by atoms with van der Waals surface area (Å²) in [5, 5.41) is 4.98. The molecule has 0 radical (unpaired) electrons. The molecule has 0 aliphatic carbocycles. The highest BCUT2D eigenvalue weighted by atomic mass is 32.2. The molecule has 1 heterocycles. The Labute approximate surface area is 116 Å². The van der Waals surface area contributed by atoms with Crippen LogP contribution in [-0.4, -0.2) is 42.8 Å². The Hall–Kier alpha value is -0.520. The van der Waals surface area contributed by atoms with Crippen molar-refractivity contribution < 1.29 is 21.6 Å². The van der Waals surface area contributed by atoms with Gasteiger partial charge in [-0.3, -0.25) is 0 Å². The van der Waals surface area contributed by atoms with Crippen LogP contribution in [0.1, 0.15) is 4.88 Å². The maximum absolute atomic E-state index is 11.4. The van der Waals surface area contributed by atoms with Gasteiger partial charge in [-0.2, -0.15) is 0 Å². The van der Waals surface area contributed by atoms with Crippen LogP contribution in [0.3, 0.4) is 0 Å². The van der Waals surface area contributed by atoms with Gasteiger partial charge in [0.05, 0.1) is 12.4 Å². The van der Waals surface area contributed by atoms with Crippen molar-refractivity contribution in [2.45, 2.75) is 10.6 Å². The summed E-state index contributed by atoms with van der Waals surface area (Å²) >= 11 is 1.04. The third-order valence-corrected chi connectivity index (χ3v) is 6.10. The molecule has 0 aliphatic rings. The number of nitrogens with one attached hydrogen (secondary N) is 1. The summed E-state index contributed by atoms with van der Waals surface area (Å²) in [6, 6.07) is 3.03. The first-order chi connectivity index (χ1) is 8.74. The van der Waals surface area contributed by atoms with Crippen LogP contribution >= 0.6 is 11.3 Å². The SMILES string of the molecule is COCCS(=O)(=O)NCCc1ccc(S(N)(=O)=O)s1. The van der Waals surface area contributed by atoms with Gasteiger partial charge in [0.15, 0.2) is 0 Å². The summed E-state index contributed by atoms with van der Waals surface area (Å²) in [5.41, 5.74) is 0. The van der Waals surface area contributed by atoms with Crippen LogP contribution in [0.4, 0.5) is 0 Å². The van der Waals surface area contributed by atoms with Gasteiger partial charge in [-0.15, -0.1) is 11.3 Å². The third kappa shape index (κ3) is 5.97. The van der Waals surface area contributed by atoms with Crippen molar-refractivity contribution in [3.8, 4) is 0 Å². The Morgan fingerprint density at radius 1 is 1.32 bits per heavy atom. The molecular formula is C9H16N2O5S3. The molecule has 0 aromatic carbocycles. The zero-order valence-corrected chi connectivity index (χ0v) is 12.8. The van der Waals surface area contributed by atoms with Gasteiger partial charge in [-0.25, -0.2) is 26.7 Å². The summed E-state index contributed by atoms with van der Waals surface area (Å²) in [6.45, 7) is 0.334. The van der Waals surface area contributed by atoms with Crippen molar-refractivity contribution >= 4 is 31.4 Å². The quantitative estimate of drug-likeness (QED) is 0.668. The fraction of sp³-hybridized carbons (Fsp3) is 0.556. The number of rotatable bonds is 8. The molecule has 0 unspecified atom stereocenters. The number of methoxy groups -OCH3 is 1. The van der Waals surface area contributed by atoms with E-state index in [0.29, 0.717) is 6.42 Å². The first-order valence-corrected chi connectivity index (χ1v) is 9.34. The number of ether oxygens (including phenoxy) is 1. The van der Waals surface area contributed by atoms with Crippen LogP contribution in [0.2, 0.25) is 0 Å². The highest BCUT2D eigenvalue weighted by Crippen LogP contribution is 2.20. The van der Waals surface area contributed by atoms with E-state index in [1.54, 1.807) is 6.07 Å². The summed E-state index contributed by atoms with van der Waals surface area (Å²) < 4.78 is 52.2. The van der Waals surface area contributed by atoms with Gasteiger partial charge < -0.3 is 4.74 Å². The van der Waals surface area contributed by atoms with E-state index in [-0.39, 0.29) is 23.1 Å². The van der Waals surface area contributed by atoms with E-state index in [9.17, 15) is 16.8 Å². The molecule has 0 atom stereocenters. The fourth-order valence-corrected chi connectivity index (χ4v) is 3.96.